The molecule has 3 aromatic rings. The average Bonchev–Trinajstić information content (AvgIpc) is 2.86. The van der Waals surface area contributed by atoms with Gasteiger partial charge in [0.25, 0.3) is 0 Å². The van der Waals surface area contributed by atoms with Gasteiger partial charge in [0.05, 0.1) is 0 Å². The van der Waals surface area contributed by atoms with Crippen molar-refractivity contribution in [3.63, 3.8) is 0 Å². The Morgan fingerprint density at radius 1 is 1.27 bits per heavy atom. The molecule has 0 bridgehead atoms. The molecule has 0 radical (unpaired) electrons. The van der Waals surface area contributed by atoms with Gasteiger partial charge in [-0.05, 0) is 11.5 Å². The fraction of sp³-hybridized carbons (Fsp3) is 0. The molecule has 0 unspecified atom stereocenters. The summed E-state index contributed by atoms with van der Waals surface area (Å²) in [6.07, 6.45) is 1.42. The number of hydrogen-bond acceptors (Lipinski definition) is 7. The molecule has 0 aromatic carbocycles. The van der Waals surface area contributed by atoms with Gasteiger partial charge in [-0.25, -0.2) is 15.0 Å². The van der Waals surface area contributed by atoms with Crippen molar-refractivity contribution in [3.05, 3.63) is 16.9 Å². The summed E-state index contributed by atoms with van der Waals surface area (Å²) in [6, 6.07) is 0. The van der Waals surface area contributed by atoms with Gasteiger partial charge >= 0.3 is 0 Å². The minimum atomic E-state index is 0.366. The van der Waals surface area contributed by atoms with Crippen molar-refractivity contribution in [1.29, 1.82) is 0 Å². The number of rotatable bonds is 1. The van der Waals surface area contributed by atoms with Crippen LogP contribution in [-0.4, -0.2) is 24.5 Å². The third-order valence-corrected chi connectivity index (χ3v) is 3.50. The summed E-state index contributed by atoms with van der Waals surface area (Å²) in [5.41, 5.74) is 1.37. The Morgan fingerprint density at radius 3 is 2.93 bits per heavy atom. The topological polar surface area (TPSA) is 64.5 Å². The Labute approximate surface area is 97.0 Å². The summed E-state index contributed by atoms with van der Waals surface area (Å²) in [5, 5.41) is 6.90. The smallest absolute Gasteiger partial charge is 0.159 e. The van der Waals surface area contributed by atoms with Gasteiger partial charge in [0.15, 0.2) is 5.15 Å². The lowest BCUT2D eigenvalue weighted by molar-refractivity contribution is 1.15. The van der Waals surface area contributed by atoms with E-state index in [9.17, 15) is 0 Å². The molecule has 0 saturated carbocycles. The predicted molar refractivity (Wildman–Crippen MR) is 59.1 cm³/mol. The SMILES string of the molecule is Clc1ncnc2sc(-c3csnn3)nc12. The van der Waals surface area contributed by atoms with E-state index in [1.54, 1.807) is 0 Å². The lowest BCUT2D eigenvalue weighted by atomic mass is 10.5. The van der Waals surface area contributed by atoms with E-state index in [0.29, 0.717) is 10.7 Å². The van der Waals surface area contributed by atoms with Crippen LogP contribution < -0.4 is 0 Å². The van der Waals surface area contributed by atoms with E-state index in [4.69, 9.17) is 11.6 Å². The van der Waals surface area contributed by atoms with Crippen molar-refractivity contribution in [2.24, 2.45) is 0 Å². The van der Waals surface area contributed by atoms with Crippen LogP contribution in [0.15, 0.2) is 11.7 Å². The number of aromatic nitrogens is 5. The molecule has 74 valence electrons. The third-order valence-electron chi connectivity index (χ3n) is 1.73. The van der Waals surface area contributed by atoms with Gasteiger partial charge in [0.2, 0.25) is 0 Å². The van der Waals surface area contributed by atoms with Crippen molar-refractivity contribution < 1.29 is 0 Å². The van der Waals surface area contributed by atoms with Gasteiger partial charge in [-0.15, -0.1) is 5.10 Å². The molecule has 0 aliphatic heterocycles. The zero-order chi connectivity index (χ0) is 10.3. The minimum absolute atomic E-state index is 0.366. The molecule has 0 atom stereocenters. The van der Waals surface area contributed by atoms with E-state index in [0.717, 1.165) is 15.5 Å². The monoisotopic (exact) mass is 255 g/mol. The summed E-state index contributed by atoms with van der Waals surface area (Å²) in [5.74, 6) is 0. The van der Waals surface area contributed by atoms with Crippen LogP contribution in [0.3, 0.4) is 0 Å². The first kappa shape index (κ1) is 9.08. The molecule has 0 saturated heterocycles. The van der Waals surface area contributed by atoms with Crippen LogP contribution in [0.5, 0.6) is 0 Å². The zero-order valence-electron chi connectivity index (χ0n) is 7.09. The van der Waals surface area contributed by atoms with Gasteiger partial charge < -0.3 is 0 Å². The highest BCUT2D eigenvalue weighted by Gasteiger charge is 2.11. The van der Waals surface area contributed by atoms with E-state index in [1.165, 1.54) is 29.2 Å². The van der Waals surface area contributed by atoms with Gasteiger partial charge in [-0.1, -0.05) is 27.4 Å². The second-order valence-corrected chi connectivity index (χ2v) is 4.57. The number of thiazole rings is 1. The molecule has 0 amide bonds. The Balaban J connectivity index is 2.27. The molecular weight excluding hydrogens is 254 g/mol. The first-order valence-electron chi connectivity index (χ1n) is 3.89. The Bertz CT molecular complexity index is 605. The molecular formula is C7H2ClN5S2. The maximum Gasteiger partial charge on any atom is 0.159 e. The minimum Gasteiger partial charge on any atom is -0.229 e. The lowest BCUT2D eigenvalue weighted by Gasteiger charge is -1.86. The van der Waals surface area contributed by atoms with Crippen molar-refractivity contribution in [2.45, 2.75) is 0 Å². The molecule has 3 aromatic heterocycles. The third kappa shape index (κ3) is 1.48. The second kappa shape index (κ2) is 3.44. The van der Waals surface area contributed by atoms with E-state index in [2.05, 4.69) is 24.5 Å². The number of halogens is 1. The van der Waals surface area contributed by atoms with Crippen LogP contribution in [0.4, 0.5) is 0 Å². The summed E-state index contributed by atoms with van der Waals surface area (Å²) in [4.78, 5) is 13.0. The molecule has 0 aliphatic carbocycles. The standard InChI is InChI=1S/C7H2ClN5S2/c8-5-4-7(10-2-9-5)15-6(11-4)3-1-14-13-12-3/h1-2H. The molecule has 0 aliphatic rings. The first-order valence-corrected chi connectivity index (χ1v) is 5.92. The van der Waals surface area contributed by atoms with Crippen LogP contribution in [0.25, 0.3) is 21.0 Å². The summed E-state index contributed by atoms with van der Waals surface area (Å²) in [6.45, 7) is 0. The van der Waals surface area contributed by atoms with Crippen LogP contribution >= 0.6 is 34.5 Å². The summed E-state index contributed by atoms with van der Waals surface area (Å²) < 4.78 is 3.78. The number of nitrogens with zero attached hydrogens (tertiary/aromatic N) is 5. The number of hydrogen-bond donors (Lipinski definition) is 0. The van der Waals surface area contributed by atoms with E-state index in [1.807, 2.05) is 5.38 Å². The zero-order valence-corrected chi connectivity index (χ0v) is 9.47. The largest absolute Gasteiger partial charge is 0.229 e. The van der Waals surface area contributed by atoms with Crippen molar-refractivity contribution >= 4 is 44.8 Å². The normalized spacial score (nSPS) is 11.0. The first-order chi connectivity index (χ1) is 7.34. The van der Waals surface area contributed by atoms with Crippen LogP contribution in [0, 0.1) is 0 Å². The fourth-order valence-electron chi connectivity index (χ4n) is 1.09. The van der Waals surface area contributed by atoms with Crippen LogP contribution in [-0.2, 0) is 0 Å². The van der Waals surface area contributed by atoms with E-state index >= 15 is 0 Å². The Hall–Kier alpha value is -1.18. The molecule has 3 heterocycles. The van der Waals surface area contributed by atoms with Crippen molar-refractivity contribution in [2.75, 3.05) is 0 Å². The quantitative estimate of drug-likeness (QED) is 0.624. The van der Waals surface area contributed by atoms with Crippen molar-refractivity contribution in [1.82, 2.24) is 24.5 Å². The highest BCUT2D eigenvalue weighted by atomic mass is 35.5. The molecule has 0 N–H and O–H groups in total. The summed E-state index contributed by atoms with van der Waals surface area (Å²) in [7, 11) is 0. The average molecular weight is 256 g/mol. The molecule has 5 nitrogen and oxygen atoms in total. The van der Waals surface area contributed by atoms with Gasteiger partial charge in [0, 0.05) is 5.38 Å². The molecule has 15 heavy (non-hydrogen) atoms. The molecule has 8 heteroatoms. The number of fused-ring (bicyclic) bond motifs is 1. The Kier molecular flexibility index (Phi) is 2.08. The lowest BCUT2D eigenvalue weighted by Crippen LogP contribution is -1.80. The van der Waals surface area contributed by atoms with Crippen LogP contribution in [0.2, 0.25) is 5.15 Å². The van der Waals surface area contributed by atoms with Crippen molar-refractivity contribution in [3.8, 4) is 10.7 Å². The second-order valence-electron chi connectivity index (χ2n) is 2.63. The maximum atomic E-state index is 5.89. The molecule has 0 spiro atoms. The fourth-order valence-corrected chi connectivity index (χ4v) is 2.70. The van der Waals surface area contributed by atoms with Gasteiger partial charge in [0.1, 0.15) is 27.4 Å². The van der Waals surface area contributed by atoms with E-state index in [-0.39, 0.29) is 0 Å². The van der Waals surface area contributed by atoms with Crippen LogP contribution in [0.1, 0.15) is 0 Å². The highest BCUT2D eigenvalue weighted by molar-refractivity contribution is 7.21. The highest BCUT2D eigenvalue weighted by Crippen LogP contribution is 2.30. The van der Waals surface area contributed by atoms with E-state index < -0.39 is 0 Å². The molecule has 0 fully saturated rings. The van der Waals surface area contributed by atoms with Gasteiger partial charge in [-0.3, -0.25) is 0 Å². The molecule has 3 rings (SSSR count). The summed E-state index contributed by atoms with van der Waals surface area (Å²) >= 11 is 8.60. The predicted octanol–water partition coefficient (Wildman–Crippen LogP) is 2.26. The Morgan fingerprint density at radius 2 is 2.20 bits per heavy atom. The van der Waals surface area contributed by atoms with Gasteiger partial charge in [-0.2, -0.15) is 0 Å². The maximum absolute atomic E-state index is 5.89.